The molecular weight excluding hydrogens is 554 g/mol. The van der Waals surface area contributed by atoms with Crippen molar-refractivity contribution in [3.63, 3.8) is 0 Å². The molecular formula is C29H34ClN3O6S. The molecule has 3 aromatic carbocycles. The molecule has 0 aliphatic heterocycles. The molecule has 11 heteroatoms. The number of amides is 2. The molecule has 1 atom stereocenters. The van der Waals surface area contributed by atoms with Crippen molar-refractivity contribution < 1.29 is 27.5 Å². The molecule has 0 bridgehead atoms. The number of carbonyl (C=O) groups excluding carboxylic acids is 2. The van der Waals surface area contributed by atoms with Gasteiger partial charge in [-0.1, -0.05) is 41.4 Å². The Morgan fingerprint density at radius 2 is 1.65 bits per heavy atom. The average Bonchev–Trinajstić information content (AvgIpc) is 2.94. The number of nitrogens with one attached hydrogen (secondary N) is 1. The number of likely N-dealkylation sites (N-methyl/N-ethyl adjacent to an activating group) is 1. The van der Waals surface area contributed by atoms with Gasteiger partial charge in [-0.15, -0.1) is 0 Å². The van der Waals surface area contributed by atoms with Gasteiger partial charge in [0, 0.05) is 24.2 Å². The van der Waals surface area contributed by atoms with Gasteiger partial charge in [0.25, 0.3) is 10.0 Å². The highest BCUT2D eigenvalue weighted by Gasteiger charge is 2.33. The van der Waals surface area contributed by atoms with Crippen LogP contribution in [-0.4, -0.2) is 58.5 Å². The number of aryl methyl sites for hydroxylation is 1. The maximum Gasteiger partial charge on any atom is 0.264 e. The summed E-state index contributed by atoms with van der Waals surface area (Å²) in [6.45, 7) is 5.28. The normalized spacial score (nSPS) is 11.8. The standard InChI is InChI=1S/C29H34ClN3O6S/c1-6-31-29(35)21(3)32(18-22-9-7-8-20(2)16-22)28(34)19-33(24-12-10-23(30)11-13-24)40(36,37)25-14-15-26(38-4)27(17-25)39-5/h7-17,21H,6,18-19H2,1-5H3,(H,31,35)/t21-/m0/s1. The molecule has 40 heavy (non-hydrogen) atoms. The number of halogens is 1. The molecule has 2 amide bonds. The summed E-state index contributed by atoms with van der Waals surface area (Å²) >= 11 is 6.07. The Morgan fingerprint density at radius 1 is 0.975 bits per heavy atom. The number of methoxy groups -OCH3 is 2. The zero-order valence-corrected chi connectivity index (χ0v) is 24.8. The monoisotopic (exact) mass is 587 g/mol. The maximum atomic E-state index is 14.0. The molecule has 214 valence electrons. The number of nitrogens with zero attached hydrogens (tertiary/aromatic N) is 2. The molecule has 3 rings (SSSR count). The van der Waals surface area contributed by atoms with Crippen LogP contribution >= 0.6 is 11.6 Å². The van der Waals surface area contributed by atoms with Crippen molar-refractivity contribution in [1.82, 2.24) is 10.2 Å². The summed E-state index contributed by atoms with van der Waals surface area (Å²) in [7, 11) is -1.43. The van der Waals surface area contributed by atoms with Gasteiger partial charge < -0.3 is 19.7 Å². The Bertz CT molecular complexity index is 1450. The molecule has 3 aromatic rings. The summed E-state index contributed by atoms with van der Waals surface area (Å²) < 4.78 is 39.5. The number of benzene rings is 3. The Morgan fingerprint density at radius 3 is 2.25 bits per heavy atom. The quantitative estimate of drug-likeness (QED) is 0.336. The van der Waals surface area contributed by atoms with Crippen LogP contribution in [0, 0.1) is 6.92 Å². The molecule has 1 N–H and O–H groups in total. The molecule has 9 nitrogen and oxygen atoms in total. The van der Waals surface area contributed by atoms with E-state index in [2.05, 4.69) is 5.32 Å². The fourth-order valence-corrected chi connectivity index (χ4v) is 5.71. The number of carbonyl (C=O) groups is 2. The van der Waals surface area contributed by atoms with Gasteiger partial charge in [-0.3, -0.25) is 13.9 Å². The molecule has 0 saturated heterocycles. The Balaban J connectivity index is 2.07. The van der Waals surface area contributed by atoms with Crippen LogP contribution in [0.1, 0.15) is 25.0 Å². The van der Waals surface area contributed by atoms with Crippen LogP contribution in [0.15, 0.2) is 71.6 Å². The van der Waals surface area contributed by atoms with Crippen molar-refractivity contribution in [2.45, 2.75) is 38.3 Å². The van der Waals surface area contributed by atoms with Crippen molar-refractivity contribution in [1.29, 1.82) is 0 Å². The van der Waals surface area contributed by atoms with Crippen LogP contribution in [0.25, 0.3) is 0 Å². The fourth-order valence-electron chi connectivity index (χ4n) is 4.15. The molecule has 0 aromatic heterocycles. The van der Waals surface area contributed by atoms with Crippen LogP contribution in [0.5, 0.6) is 11.5 Å². The van der Waals surface area contributed by atoms with Crippen LogP contribution in [-0.2, 0) is 26.2 Å². The van der Waals surface area contributed by atoms with E-state index in [9.17, 15) is 18.0 Å². The zero-order valence-electron chi connectivity index (χ0n) is 23.2. The van der Waals surface area contributed by atoms with E-state index in [1.165, 1.54) is 49.5 Å². The van der Waals surface area contributed by atoms with E-state index < -0.39 is 28.5 Å². The summed E-state index contributed by atoms with van der Waals surface area (Å²) in [4.78, 5) is 28.0. The topological polar surface area (TPSA) is 105 Å². The number of hydrogen-bond acceptors (Lipinski definition) is 6. The summed E-state index contributed by atoms with van der Waals surface area (Å²) in [5, 5.41) is 3.15. The van der Waals surface area contributed by atoms with E-state index in [0.717, 1.165) is 15.4 Å². The molecule has 0 spiro atoms. The summed E-state index contributed by atoms with van der Waals surface area (Å²) in [6, 6.07) is 17.0. The molecule has 0 unspecified atom stereocenters. The van der Waals surface area contributed by atoms with Gasteiger partial charge in [-0.2, -0.15) is 0 Å². The third kappa shape index (κ3) is 7.25. The van der Waals surface area contributed by atoms with Gasteiger partial charge in [0.2, 0.25) is 11.8 Å². The number of anilines is 1. The van der Waals surface area contributed by atoms with Gasteiger partial charge in [0.05, 0.1) is 24.8 Å². The summed E-state index contributed by atoms with van der Waals surface area (Å²) in [5.41, 5.74) is 2.04. The Hall–Kier alpha value is -3.76. The van der Waals surface area contributed by atoms with Crippen molar-refractivity contribution >= 4 is 39.1 Å². The second-order valence-corrected chi connectivity index (χ2v) is 11.4. The SMILES string of the molecule is CCNC(=O)[C@H](C)N(Cc1cccc(C)c1)C(=O)CN(c1ccc(Cl)cc1)S(=O)(=O)c1ccc(OC)c(OC)c1. The average molecular weight is 588 g/mol. The third-order valence-electron chi connectivity index (χ3n) is 6.29. The molecule has 0 aliphatic rings. The van der Waals surface area contributed by atoms with Crippen molar-refractivity contribution in [3.8, 4) is 11.5 Å². The largest absolute Gasteiger partial charge is 0.493 e. The van der Waals surface area contributed by atoms with Crippen LogP contribution in [0.3, 0.4) is 0 Å². The predicted molar refractivity (Wildman–Crippen MR) is 155 cm³/mol. The zero-order chi connectivity index (χ0) is 29.4. The maximum absolute atomic E-state index is 14.0. The number of hydrogen-bond donors (Lipinski definition) is 1. The van der Waals surface area contributed by atoms with Crippen LogP contribution in [0.4, 0.5) is 5.69 Å². The predicted octanol–water partition coefficient (Wildman–Crippen LogP) is 4.41. The van der Waals surface area contributed by atoms with Gasteiger partial charge >= 0.3 is 0 Å². The first-order valence-corrected chi connectivity index (χ1v) is 14.5. The lowest BCUT2D eigenvalue weighted by Gasteiger charge is -2.32. The molecule has 0 fully saturated rings. The molecule has 0 aliphatic carbocycles. The van der Waals surface area contributed by atoms with E-state index in [1.54, 1.807) is 26.0 Å². The minimum atomic E-state index is -4.28. The van der Waals surface area contributed by atoms with Gasteiger partial charge in [0.15, 0.2) is 11.5 Å². The highest BCUT2D eigenvalue weighted by atomic mass is 35.5. The second kappa shape index (κ2) is 13.5. The number of sulfonamides is 1. The van der Waals surface area contributed by atoms with E-state index in [-0.39, 0.29) is 28.8 Å². The third-order valence-corrected chi connectivity index (χ3v) is 8.31. The molecule has 0 saturated carbocycles. The second-order valence-electron chi connectivity index (χ2n) is 9.09. The first kappa shape index (κ1) is 30.8. The Kier molecular flexibility index (Phi) is 10.4. The highest BCUT2D eigenvalue weighted by molar-refractivity contribution is 7.92. The van der Waals surface area contributed by atoms with E-state index in [4.69, 9.17) is 21.1 Å². The van der Waals surface area contributed by atoms with Crippen molar-refractivity contribution in [2.75, 3.05) is 31.6 Å². The van der Waals surface area contributed by atoms with Crippen LogP contribution in [0.2, 0.25) is 5.02 Å². The lowest BCUT2D eigenvalue weighted by Crippen LogP contribution is -2.51. The number of rotatable bonds is 12. The van der Waals surface area contributed by atoms with E-state index >= 15 is 0 Å². The van der Waals surface area contributed by atoms with Crippen molar-refractivity contribution in [3.05, 3.63) is 82.9 Å². The minimum Gasteiger partial charge on any atom is -0.493 e. The molecule has 0 heterocycles. The van der Waals surface area contributed by atoms with E-state index in [1.807, 2.05) is 31.2 Å². The van der Waals surface area contributed by atoms with Crippen molar-refractivity contribution in [2.24, 2.45) is 0 Å². The minimum absolute atomic E-state index is 0.102. The van der Waals surface area contributed by atoms with E-state index in [0.29, 0.717) is 17.3 Å². The lowest BCUT2D eigenvalue weighted by molar-refractivity contribution is -0.139. The number of ether oxygens (including phenoxy) is 2. The first-order chi connectivity index (χ1) is 19.0. The fraction of sp³-hybridized carbons (Fsp3) is 0.310. The van der Waals surface area contributed by atoms with Gasteiger partial charge in [-0.05, 0) is 62.7 Å². The van der Waals surface area contributed by atoms with Gasteiger partial charge in [0.1, 0.15) is 12.6 Å². The lowest BCUT2D eigenvalue weighted by atomic mass is 10.1. The van der Waals surface area contributed by atoms with Crippen LogP contribution < -0.4 is 19.1 Å². The first-order valence-electron chi connectivity index (χ1n) is 12.6. The smallest absolute Gasteiger partial charge is 0.264 e. The Labute approximate surface area is 240 Å². The summed E-state index contributed by atoms with van der Waals surface area (Å²) in [5.74, 6) is -0.323. The molecule has 0 radical (unpaired) electrons. The summed E-state index contributed by atoms with van der Waals surface area (Å²) in [6.07, 6.45) is 0. The highest BCUT2D eigenvalue weighted by Crippen LogP contribution is 2.32. The van der Waals surface area contributed by atoms with Gasteiger partial charge in [-0.25, -0.2) is 8.42 Å².